The Balaban J connectivity index is 1.43. The summed E-state index contributed by atoms with van der Waals surface area (Å²) in [6.45, 7) is 0.530. The minimum absolute atomic E-state index is 0.0575. The average Bonchev–Trinajstić information content (AvgIpc) is 2.99. The highest BCUT2D eigenvalue weighted by Gasteiger charge is 2.23. The van der Waals surface area contributed by atoms with Gasteiger partial charge in [-0.3, -0.25) is 9.59 Å². The lowest BCUT2D eigenvalue weighted by Crippen LogP contribution is -2.45. The molecule has 1 unspecified atom stereocenters. The number of amides is 2. The second kappa shape index (κ2) is 8.48. The standard InChI is InChI=1S/C20H29N3O2/c21-13-18(15-6-2-1-3-7-15)23-19(24)8-4-5-14-9-10-17-16(11-14)12-20(25)22-17/h9-11,15,18H,1-8,12-13,21H2,(H,22,25)(H,23,24). The van der Waals surface area contributed by atoms with Crippen molar-refractivity contribution in [2.75, 3.05) is 11.9 Å². The molecule has 25 heavy (non-hydrogen) atoms. The minimum Gasteiger partial charge on any atom is -0.352 e. The van der Waals surface area contributed by atoms with Crippen molar-refractivity contribution >= 4 is 17.5 Å². The topological polar surface area (TPSA) is 84.2 Å². The fourth-order valence-corrected chi connectivity index (χ4v) is 4.08. The van der Waals surface area contributed by atoms with E-state index in [1.165, 1.54) is 37.7 Å². The van der Waals surface area contributed by atoms with Crippen LogP contribution in [-0.4, -0.2) is 24.4 Å². The van der Waals surface area contributed by atoms with E-state index >= 15 is 0 Å². The van der Waals surface area contributed by atoms with Gasteiger partial charge in [0.25, 0.3) is 0 Å². The molecule has 3 rings (SSSR count). The van der Waals surface area contributed by atoms with Gasteiger partial charge in [0.1, 0.15) is 0 Å². The zero-order valence-corrected chi connectivity index (χ0v) is 14.9. The van der Waals surface area contributed by atoms with Gasteiger partial charge in [-0.05, 0) is 48.8 Å². The van der Waals surface area contributed by atoms with E-state index in [2.05, 4.69) is 16.7 Å². The third-order valence-corrected chi connectivity index (χ3v) is 5.48. The molecule has 136 valence electrons. The molecule has 0 aromatic heterocycles. The highest BCUT2D eigenvalue weighted by molar-refractivity contribution is 5.99. The number of fused-ring (bicyclic) bond motifs is 1. The van der Waals surface area contributed by atoms with Crippen LogP contribution in [0.15, 0.2) is 18.2 Å². The fourth-order valence-electron chi connectivity index (χ4n) is 4.08. The first-order chi connectivity index (χ1) is 12.2. The van der Waals surface area contributed by atoms with E-state index < -0.39 is 0 Å². The highest BCUT2D eigenvalue weighted by Crippen LogP contribution is 2.26. The lowest BCUT2D eigenvalue weighted by Gasteiger charge is -2.30. The molecule has 4 N–H and O–H groups in total. The number of rotatable bonds is 7. The summed E-state index contributed by atoms with van der Waals surface area (Å²) in [4.78, 5) is 23.7. The molecule has 2 amide bonds. The number of benzene rings is 1. The first-order valence-corrected chi connectivity index (χ1v) is 9.57. The number of hydrogen-bond acceptors (Lipinski definition) is 3. The molecule has 1 fully saturated rings. The third-order valence-electron chi connectivity index (χ3n) is 5.48. The Bertz CT molecular complexity index is 623. The zero-order valence-electron chi connectivity index (χ0n) is 14.9. The highest BCUT2D eigenvalue weighted by atomic mass is 16.2. The molecule has 5 heteroatoms. The number of nitrogens with two attached hydrogens (primary N) is 1. The van der Waals surface area contributed by atoms with Gasteiger partial charge in [-0.1, -0.05) is 31.4 Å². The van der Waals surface area contributed by atoms with Crippen LogP contribution in [0.4, 0.5) is 5.69 Å². The SMILES string of the molecule is NCC(NC(=O)CCCc1ccc2c(c1)CC(=O)N2)C1CCCCC1. The average molecular weight is 343 g/mol. The molecule has 1 saturated carbocycles. The molecular weight excluding hydrogens is 314 g/mol. The van der Waals surface area contributed by atoms with Crippen molar-refractivity contribution in [3.63, 3.8) is 0 Å². The lowest BCUT2D eigenvalue weighted by atomic mass is 9.84. The summed E-state index contributed by atoms with van der Waals surface area (Å²) in [5.74, 6) is 0.713. The zero-order chi connectivity index (χ0) is 17.6. The van der Waals surface area contributed by atoms with Gasteiger partial charge >= 0.3 is 0 Å². The van der Waals surface area contributed by atoms with Gasteiger partial charge in [0.05, 0.1) is 6.42 Å². The smallest absolute Gasteiger partial charge is 0.228 e. The first kappa shape index (κ1) is 17.9. The van der Waals surface area contributed by atoms with Gasteiger partial charge in [0, 0.05) is 24.7 Å². The van der Waals surface area contributed by atoms with E-state index in [-0.39, 0.29) is 17.9 Å². The summed E-state index contributed by atoms with van der Waals surface area (Å²) in [5.41, 5.74) is 9.06. The maximum Gasteiger partial charge on any atom is 0.228 e. The van der Waals surface area contributed by atoms with Gasteiger partial charge in [-0.15, -0.1) is 0 Å². The van der Waals surface area contributed by atoms with Gasteiger partial charge in [0.2, 0.25) is 11.8 Å². The van der Waals surface area contributed by atoms with Crippen LogP contribution in [0, 0.1) is 5.92 Å². The summed E-state index contributed by atoms with van der Waals surface area (Å²) in [5, 5.41) is 5.99. The van der Waals surface area contributed by atoms with Gasteiger partial charge < -0.3 is 16.4 Å². The monoisotopic (exact) mass is 343 g/mol. The Kier molecular flexibility index (Phi) is 6.08. The molecule has 2 aliphatic rings. The molecule has 5 nitrogen and oxygen atoms in total. The van der Waals surface area contributed by atoms with E-state index in [0.29, 0.717) is 25.3 Å². The Morgan fingerprint density at radius 2 is 2.08 bits per heavy atom. The Hall–Kier alpha value is -1.88. The van der Waals surface area contributed by atoms with Crippen LogP contribution in [0.5, 0.6) is 0 Å². The van der Waals surface area contributed by atoms with Crippen LogP contribution >= 0.6 is 0 Å². The molecule has 0 spiro atoms. The van der Waals surface area contributed by atoms with E-state index in [1.807, 2.05) is 12.1 Å². The second-order valence-corrected chi connectivity index (χ2v) is 7.38. The molecule has 1 aliphatic heterocycles. The van der Waals surface area contributed by atoms with Crippen molar-refractivity contribution in [1.29, 1.82) is 0 Å². The Labute approximate surface area is 149 Å². The molecule has 0 bridgehead atoms. The molecule has 1 atom stereocenters. The predicted molar refractivity (Wildman–Crippen MR) is 99.3 cm³/mol. The number of carbonyl (C=O) groups is 2. The number of anilines is 1. The number of carbonyl (C=O) groups excluding carboxylic acids is 2. The molecule has 0 radical (unpaired) electrons. The van der Waals surface area contributed by atoms with E-state index in [4.69, 9.17) is 5.73 Å². The van der Waals surface area contributed by atoms with E-state index in [0.717, 1.165) is 24.1 Å². The summed E-state index contributed by atoms with van der Waals surface area (Å²) in [6.07, 6.45) is 8.84. The predicted octanol–water partition coefficient (Wildman–Crippen LogP) is 2.53. The van der Waals surface area contributed by atoms with Crippen molar-refractivity contribution in [1.82, 2.24) is 5.32 Å². The van der Waals surface area contributed by atoms with E-state index in [9.17, 15) is 9.59 Å². The maximum atomic E-state index is 12.3. The molecular formula is C20H29N3O2. The second-order valence-electron chi connectivity index (χ2n) is 7.38. The first-order valence-electron chi connectivity index (χ1n) is 9.57. The maximum absolute atomic E-state index is 12.3. The van der Waals surface area contributed by atoms with Crippen LogP contribution < -0.4 is 16.4 Å². The van der Waals surface area contributed by atoms with Crippen molar-refractivity contribution < 1.29 is 9.59 Å². The Morgan fingerprint density at radius 1 is 1.28 bits per heavy atom. The normalized spacial score (nSPS) is 18.5. The summed E-state index contributed by atoms with van der Waals surface area (Å²) >= 11 is 0. The van der Waals surface area contributed by atoms with Gasteiger partial charge in [0.15, 0.2) is 0 Å². The fraction of sp³-hybridized carbons (Fsp3) is 0.600. The summed E-state index contributed by atoms with van der Waals surface area (Å²) in [6, 6.07) is 6.20. The number of hydrogen-bond donors (Lipinski definition) is 3. The van der Waals surface area contributed by atoms with Crippen molar-refractivity contribution in [3.8, 4) is 0 Å². The minimum atomic E-state index is 0.0575. The third kappa shape index (κ3) is 4.82. The molecule has 1 aliphatic carbocycles. The van der Waals surface area contributed by atoms with Gasteiger partial charge in [-0.2, -0.15) is 0 Å². The van der Waals surface area contributed by atoms with Crippen molar-refractivity contribution in [2.45, 2.75) is 63.8 Å². The van der Waals surface area contributed by atoms with Crippen LogP contribution in [0.25, 0.3) is 0 Å². The Morgan fingerprint density at radius 3 is 2.84 bits per heavy atom. The van der Waals surface area contributed by atoms with Gasteiger partial charge in [-0.25, -0.2) is 0 Å². The van der Waals surface area contributed by atoms with Crippen molar-refractivity contribution in [2.24, 2.45) is 11.7 Å². The largest absolute Gasteiger partial charge is 0.352 e. The quantitative estimate of drug-likeness (QED) is 0.711. The molecule has 0 saturated heterocycles. The van der Waals surface area contributed by atoms with Crippen LogP contribution in [0.3, 0.4) is 0 Å². The van der Waals surface area contributed by atoms with E-state index in [1.54, 1.807) is 0 Å². The summed E-state index contributed by atoms with van der Waals surface area (Å²) in [7, 11) is 0. The van der Waals surface area contributed by atoms with Crippen LogP contribution in [0.1, 0.15) is 56.1 Å². The van der Waals surface area contributed by atoms with Crippen molar-refractivity contribution in [3.05, 3.63) is 29.3 Å². The van der Waals surface area contributed by atoms with Crippen LogP contribution in [-0.2, 0) is 22.4 Å². The molecule has 1 aromatic carbocycles. The number of aryl methyl sites for hydroxylation is 1. The van der Waals surface area contributed by atoms with Crippen LogP contribution in [0.2, 0.25) is 0 Å². The number of nitrogens with one attached hydrogen (secondary N) is 2. The molecule has 1 aromatic rings. The molecule has 1 heterocycles. The lowest BCUT2D eigenvalue weighted by molar-refractivity contribution is -0.122. The summed E-state index contributed by atoms with van der Waals surface area (Å²) < 4.78 is 0.